The average Bonchev–Trinajstić information content (AvgIpc) is 2.36. The van der Waals surface area contributed by atoms with Crippen LogP contribution in [0.4, 0.5) is 0 Å². The van der Waals surface area contributed by atoms with Gasteiger partial charge in [-0.05, 0) is 45.4 Å². The summed E-state index contributed by atoms with van der Waals surface area (Å²) in [6.45, 7) is 8.09. The van der Waals surface area contributed by atoms with E-state index in [1.54, 1.807) is 0 Å². The van der Waals surface area contributed by atoms with Gasteiger partial charge >= 0.3 is 0 Å². The number of hydrogen-bond acceptors (Lipinski definition) is 3. The number of halogens is 1. The summed E-state index contributed by atoms with van der Waals surface area (Å²) in [6, 6.07) is 7.94. The minimum Gasteiger partial charge on any atom is -0.491 e. The molecule has 0 fully saturated rings. The van der Waals surface area contributed by atoms with Gasteiger partial charge in [0.25, 0.3) is 0 Å². The lowest BCUT2D eigenvalue weighted by Gasteiger charge is -2.12. The molecular formula is C17H23ClN2O. The largest absolute Gasteiger partial charge is 0.491 e. The van der Waals surface area contributed by atoms with Gasteiger partial charge in [0.05, 0.1) is 11.6 Å². The quantitative estimate of drug-likeness (QED) is 0.797. The molecule has 4 heteroatoms. The van der Waals surface area contributed by atoms with Crippen molar-refractivity contribution in [3.8, 4) is 5.75 Å². The number of aryl methyl sites for hydroxylation is 1. The first-order valence-corrected chi connectivity index (χ1v) is 7.17. The molecule has 2 aromatic rings. The Morgan fingerprint density at radius 1 is 1.29 bits per heavy atom. The van der Waals surface area contributed by atoms with Gasteiger partial charge in [-0.15, -0.1) is 12.4 Å². The van der Waals surface area contributed by atoms with Gasteiger partial charge in [-0.2, -0.15) is 0 Å². The molecule has 0 unspecified atom stereocenters. The summed E-state index contributed by atoms with van der Waals surface area (Å²) >= 11 is 0. The van der Waals surface area contributed by atoms with Gasteiger partial charge < -0.3 is 10.1 Å². The average molecular weight is 307 g/mol. The van der Waals surface area contributed by atoms with Crippen molar-refractivity contribution >= 4 is 29.0 Å². The van der Waals surface area contributed by atoms with Crippen molar-refractivity contribution in [1.29, 1.82) is 5.41 Å². The van der Waals surface area contributed by atoms with Crippen molar-refractivity contribution in [3.63, 3.8) is 0 Å². The number of benzene rings is 1. The zero-order valence-corrected chi connectivity index (χ0v) is 13.9. The first kappa shape index (κ1) is 17.4. The SMILES string of the molecule is CCCC(=N)c1cc(C)nc2cc(OC(C)C)ccc12.Cl. The van der Waals surface area contributed by atoms with Gasteiger partial charge in [0.1, 0.15) is 5.75 Å². The maximum absolute atomic E-state index is 8.22. The maximum Gasteiger partial charge on any atom is 0.121 e. The van der Waals surface area contributed by atoms with Crippen LogP contribution in [0, 0.1) is 12.3 Å². The Hall–Kier alpha value is -1.61. The van der Waals surface area contributed by atoms with Gasteiger partial charge in [-0.3, -0.25) is 4.98 Å². The van der Waals surface area contributed by atoms with Gasteiger partial charge in [0, 0.05) is 28.4 Å². The fraction of sp³-hybridized carbons (Fsp3) is 0.412. The molecular weight excluding hydrogens is 284 g/mol. The summed E-state index contributed by atoms with van der Waals surface area (Å²) in [5.74, 6) is 0.832. The normalized spacial score (nSPS) is 10.5. The van der Waals surface area contributed by atoms with Crippen LogP contribution in [0.1, 0.15) is 44.9 Å². The Morgan fingerprint density at radius 2 is 2.00 bits per heavy atom. The number of nitrogens with zero attached hydrogens (tertiary/aromatic N) is 1. The van der Waals surface area contributed by atoms with E-state index in [1.807, 2.05) is 45.0 Å². The van der Waals surface area contributed by atoms with Crippen LogP contribution >= 0.6 is 12.4 Å². The number of rotatable bonds is 5. The van der Waals surface area contributed by atoms with E-state index in [-0.39, 0.29) is 18.5 Å². The standard InChI is InChI=1S/C17H22N2O.ClH/c1-5-6-16(18)15-9-12(4)19-17-10-13(20-11(2)3)7-8-14(15)17;/h7-11,18H,5-6H2,1-4H3;1H. The monoisotopic (exact) mass is 306 g/mol. The van der Waals surface area contributed by atoms with Gasteiger partial charge in [-0.25, -0.2) is 0 Å². The molecule has 0 amide bonds. The zero-order chi connectivity index (χ0) is 14.7. The molecule has 0 radical (unpaired) electrons. The fourth-order valence-corrected chi connectivity index (χ4v) is 2.32. The molecule has 114 valence electrons. The molecule has 0 saturated heterocycles. The van der Waals surface area contributed by atoms with E-state index in [2.05, 4.69) is 11.9 Å². The second-order valence-corrected chi connectivity index (χ2v) is 5.39. The lowest BCUT2D eigenvalue weighted by atomic mass is 10.0. The third kappa shape index (κ3) is 4.18. The highest BCUT2D eigenvalue weighted by molar-refractivity contribution is 6.08. The maximum atomic E-state index is 8.22. The minimum atomic E-state index is 0. The van der Waals surface area contributed by atoms with Crippen LogP contribution in [0.5, 0.6) is 5.75 Å². The number of hydrogen-bond donors (Lipinski definition) is 1. The van der Waals surface area contributed by atoms with Crippen LogP contribution in [0.15, 0.2) is 24.3 Å². The number of pyridine rings is 1. The lowest BCUT2D eigenvalue weighted by Crippen LogP contribution is -2.06. The van der Waals surface area contributed by atoms with Crippen molar-refractivity contribution in [2.24, 2.45) is 0 Å². The van der Waals surface area contributed by atoms with Crippen molar-refractivity contribution in [3.05, 3.63) is 35.5 Å². The molecule has 0 aliphatic heterocycles. The van der Waals surface area contributed by atoms with Gasteiger partial charge in [0.2, 0.25) is 0 Å². The molecule has 1 N–H and O–H groups in total. The lowest BCUT2D eigenvalue weighted by molar-refractivity contribution is 0.242. The van der Waals surface area contributed by atoms with E-state index in [0.29, 0.717) is 5.71 Å². The Kier molecular flexibility index (Phi) is 6.16. The molecule has 0 atom stereocenters. The first-order valence-electron chi connectivity index (χ1n) is 7.17. The predicted molar refractivity (Wildman–Crippen MR) is 91.2 cm³/mol. The number of aromatic nitrogens is 1. The van der Waals surface area contributed by atoms with Crippen LogP contribution in [-0.4, -0.2) is 16.8 Å². The Morgan fingerprint density at radius 3 is 2.62 bits per heavy atom. The van der Waals surface area contributed by atoms with Gasteiger partial charge in [0.15, 0.2) is 0 Å². The Labute approximate surface area is 132 Å². The van der Waals surface area contributed by atoms with E-state index in [4.69, 9.17) is 10.1 Å². The number of ether oxygens (including phenoxy) is 1. The van der Waals surface area contributed by atoms with E-state index >= 15 is 0 Å². The molecule has 0 bridgehead atoms. The van der Waals surface area contributed by atoms with Crippen LogP contribution in [0.25, 0.3) is 10.9 Å². The molecule has 0 aliphatic carbocycles. The minimum absolute atomic E-state index is 0. The second-order valence-electron chi connectivity index (χ2n) is 5.39. The van der Waals surface area contributed by atoms with Crippen LogP contribution in [0.3, 0.4) is 0 Å². The summed E-state index contributed by atoms with van der Waals surface area (Å²) in [6.07, 6.45) is 1.93. The third-order valence-corrected chi connectivity index (χ3v) is 3.11. The van der Waals surface area contributed by atoms with Gasteiger partial charge in [-0.1, -0.05) is 13.3 Å². The topological polar surface area (TPSA) is 46.0 Å². The van der Waals surface area contributed by atoms with E-state index in [1.165, 1.54) is 0 Å². The Bertz CT molecular complexity index is 638. The molecule has 0 saturated carbocycles. The van der Waals surface area contributed by atoms with Crippen LogP contribution in [-0.2, 0) is 0 Å². The third-order valence-electron chi connectivity index (χ3n) is 3.11. The van der Waals surface area contributed by atoms with Crippen molar-refractivity contribution < 1.29 is 4.74 Å². The molecule has 0 aliphatic rings. The summed E-state index contributed by atoms with van der Waals surface area (Å²) in [5, 5.41) is 9.25. The molecule has 1 aromatic carbocycles. The van der Waals surface area contributed by atoms with E-state index in [0.717, 1.165) is 40.8 Å². The fourth-order valence-electron chi connectivity index (χ4n) is 2.32. The zero-order valence-electron chi connectivity index (χ0n) is 13.1. The number of fused-ring (bicyclic) bond motifs is 1. The summed E-state index contributed by atoms with van der Waals surface area (Å²) < 4.78 is 5.72. The highest BCUT2D eigenvalue weighted by Crippen LogP contribution is 2.25. The molecule has 0 spiro atoms. The molecule has 3 nitrogen and oxygen atoms in total. The number of nitrogens with one attached hydrogen (secondary N) is 1. The molecule has 2 rings (SSSR count). The summed E-state index contributed by atoms with van der Waals surface area (Å²) in [5.41, 5.74) is 3.51. The first-order chi connectivity index (χ1) is 9.51. The smallest absolute Gasteiger partial charge is 0.121 e. The van der Waals surface area contributed by atoms with Crippen molar-refractivity contribution in [2.45, 2.75) is 46.6 Å². The van der Waals surface area contributed by atoms with Crippen molar-refractivity contribution in [2.75, 3.05) is 0 Å². The van der Waals surface area contributed by atoms with Crippen molar-refractivity contribution in [1.82, 2.24) is 4.98 Å². The van der Waals surface area contributed by atoms with Crippen LogP contribution < -0.4 is 4.74 Å². The second kappa shape index (κ2) is 7.41. The Balaban J connectivity index is 0.00000220. The molecule has 21 heavy (non-hydrogen) atoms. The molecule has 1 aromatic heterocycles. The molecule has 1 heterocycles. The highest BCUT2D eigenvalue weighted by atomic mass is 35.5. The summed E-state index contributed by atoms with van der Waals surface area (Å²) in [4.78, 5) is 4.57. The van der Waals surface area contributed by atoms with E-state index in [9.17, 15) is 0 Å². The van der Waals surface area contributed by atoms with E-state index < -0.39 is 0 Å². The highest BCUT2D eigenvalue weighted by Gasteiger charge is 2.10. The predicted octanol–water partition coefficient (Wildman–Crippen LogP) is 4.92. The van der Waals surface area contributed by atoms with Crippen LogP contribution in [0.2, 0.25) is 0 Å². The summed E-state index contributed by atoms with van der Waals surface area (Å²) in [7, 11) is 0.